The van der Waals surface area contributed by atoms with Crippen LogP contribution in [0.15, 0.2) is 0 Å². The average molecular weight is 1580 g/mol. The third kappa shape index (κ3) is 82.1. The molecule has 0 saturated carbocycles. The molecule has 0 amide bonds. The maximum Gasteiger partial charge on any atom is 0.472 e. The van der Waals surface area contributed by atoms with Gasteiger partial charge >= 0.3 is 39.5 Å². The number of phosphoric ester groups is 2. The first-order valence-corrected chi connectivity index (χ1v) is 49.3. The van der Waals surface area contributed by atoms with Gasteiger partial charge < -0.3 is 33.8 Å². The highest BCUT2D eigenvalue weighted by Gasteiger charge is 2.30. The summed E-state index contributed by atoms with van der Waals surface area (Å²) in [5.41, 5.74) is 0. The largest absolute Gasteiger partial charge is 0.472 e. The van der Waals surface area contributed by atoms with E-state index in [1.807, 2.05) is 0 Å². The zero-order valence-corrected chi connectivity index (χ0v) is 72.6. The van der Waals surface area contributed by atoms with E-state index in [4.69, 9.17) is 37.0 Å². The highest BCUT2D eigenvalue weighted by atomic mass is 31.2. The van der Waals surface area contributed by atoms with Crippen LogP contribution in [0, 0.1) is 0 Å². The van der Waals surface area contributed by atoms with Crippen LogP contribution >= 0.6 is 15.6 Å². The second kappa shape index (κ2) is 83.0. The summed E-state index contributed by atoms with van der Waals surface area (Å²) in [7, 11) is -9.93. The van der Waals surface area contributed by atoms with Crippen molar-refractivity contribution in [1.82, 2.24) is 0 Å². The molecule has 0 bridgehead atoms. The minimum atomic E-state index is -4.97. The van der Waals surface area contributed by atoms with Crippen molar-refractivity contribution in [1.29, 1.82) is 0 Å². The fraction of sp³-hybridized carbons (Fsp3) is 0.955. The predicted octanol–water partition coefficient (Wildman–Crippen LogP) is 27.7. The molecule has 108 heavy (non-hydrogen) atoms. The molecular formula is C89H174O17P2. The van der Waals surface area contributed by atoms with Crippen LogP contribution in [0.3, 0.4) is 0 Å². The maximum atomic E-state index is 13.2. The van der Waals surface area contributed by atoms with Crippen molar-refractivity contribution >= 4 is 39.5 Å². The van der Waals surface area contributed by atoms with E-state index in [0.717, 1.165) is 89.9 Å². The molecule has 0 aromatic heterocycles. The van der Waals surface area contributed by atoms with E-state index in [1.54, 1.807) is 0 Å². The van der Waals surface area contributed by atoms with E-state index in [9.17, 15) is 43.2 Å². The maximum absolute atomic E-state index is 13.2. The summed E-state index contributed by atoms with van der Waals surface area (Å²) in [5, 5.41) is 10.7. The van der Waals surface area contributed by atoms with Gasteiger partial charge in [0.25, 0.3) is 0 Å². The molecule has 0 aliphatic carbocycles. The number of ether oxygens (including phenoxy) is 4. The Bertz CT molecular complexity index is 2030. The fourth-order valence-corrected chi connectivity index (χ4v) is 15.6. The number of carbonyl (C=O) groups excluding carboxylic acids is 4. The summed E-state index contributed by atoms with van der Waals surface area (Å²) in [5.74, 6) is -2.09. The van der Waals surface area contributed by atoms with Crippen molar-refractivity contribution in [2.45, 2.75) is 508 Å². The molecule has 0 aliphatic rings. The molecule has 2 unspecified atom stereocenters. The number of carbonyl (C=O) groups is 4. The van der Waals surface area contributed by atoms with Gasteiger partial charge in [-0.2, -0.15) is 0 Å². The Balaban J connectivity index is 5.24. The lowest BCUT2D eigenvalue weighted by Crippen LogP contribution is -2.30. The molecular weight excluding hydrogens is 1400 g/mol. The Labute approximate surface area is 664 Å². The SMILES string of the molecule is CCCCCCCCCCCCCCCCCCCCCCCCC(=O)O[C@H](COC(=O)CCCCCCCCCCCCCCCCCCCC)COP(=O)(O)OC[C@@H](O)COP(=O)(O)OC[C@@H](COC(=O)CCCCCCCCCCCCCC)OC(=O)CCCCCCCCCCCCCCCCCC. The lowest BCUT2D eigenvalue weighted by Gasteiger charge is -2.21. The van der Waals surface area contributed by atoms with E-state index in [2.05, 4.69) is 27.7 Å². The molecule has 0 heterocycles. The molecule has 0 fully saturated rings. The van der Waals surface area contributed by atoms with E-state index < -0.39 is 97.5 Å². The summed E-state index contributed by atoms with van der Waals surface area (Å²) >= 11 is 0. The van der Waals surface area contributed by atoms with Crippen LogP contribution in [0.2, 0.25) is 0 Å². The minimum absolute atomic E-state index is 0.109. The quantitative estimate of drug-likeness (QED) is 0.0222. The summed E-state index contributed by atoms with van der Waals surface area (Å²) < 4.78 is 69.0. The zero-order chi connectivity index (χ0) is 78.9. The summed E-state index contributed by atoms with van der Waals surface area (Å²) in [6, 6.07) is 0. The second-order valence-corrected chi connectivity index (χ2v) is 34.9. The Morgan fingerprint density at radius 3 is 0.546 bits per heavy atom. The molecule has 0 spiro atoms. The molecule has 0 saturated heterocycles. The third-order valence-electron chi connectivity index (χ3n) is 21.1. The van der Waals surface area contributed by atoms with Gasteiger partial charge in [-0.05, 0) is 25.7 Å². The minimum Gasteiger partial charge on any atom is -0.462 e. The van der Waals surface area contributed by atoms with Crippen LogP contribution in [0.1, 0.15) is 490 Å². The molecule has 19 heteroatoms. The normalized spacial score (nSPS) is 13.7. The van der Waals surface area contributed by atoms with Gasteiger partial charge in [0.15, 0.2) is 12.2 Å². The Kier molecular flexibility index (Phi) is 81.5. The average Bonchev–Trinajstić information content (AvgIpc) is 0.894. The second-order valence-electron chi connectivity index (χ2n) is 32.0. The van der Waals surface area contributed by atoms with Crippen molar-refractivity contribution in [3.05, 3.63) is 0 Å². The van der Waals surface area contributed by atoms with Gasteiger partial charge in [0.1, 0.15) is 19.3 Å². The van der Waals surface area contributed by atoms with E-state index in [0.29, 0.717) is 25.7 Å². The number of unbranched alkanes of at least 4 members (excludes halogenated alkanes) is 64. The summed E-state index contributed by atoms with van der Waals surface area (Å²) in [6.45, 7) is 5.08. The van der Waals surface area contributed by atoms with Crippen LogP contribution in [-0.4, -0.2) is 96.7 Å². The van der Waals surface area contributed by atoms with E-state index >= 15 is 0 Å². The van der Waals surface area contributed by atoms with Gasteiger partial charge in [0.2, 0.25) is 0 Å². The number of esters is 4. The Morgan fingerprint density at radius 1 is 0.222 bits per heavy atom. The molecule has 0 aliphatic heterocycles. The van der Waals surface area contributed by atoms with Crippen LogP contribution < -0.4 is 0 Å². The number of phosphoric acid groups is 2. The Hall–Kier alpha value is -1.94. The van der Waals surface area contributed by atoms with Gasteiger partial charge in [-0.1, -0.05) is 439 Å². The van der Waals surface area contributed by atoms with E-state index in [-0.39, 0.29) is 25.7 Å². The van der Waals surface area contributed by atoms with Crippen molar-refractivity contribution < 1.29 is 80.2 Å². The van der Waals surface area contributed by atoms with Gasteiger partial charge in [-0.15, -0.1) is 0 Å². The topological polar surface area (TPSA) is 237 Å². The highest BCUT2D eigenvalue weighted by molar-refractivity contribution is 7.47. The molecule has 3 N–H and O–H groups in total. The standard InChI is InChI=1S/C89H174O17P2/c1-5-9-13-17-21-25-29-33-36-39-41-42-43-44-46-49-52-56-60-64-68-72-76-89(94)106-85(80-100-87(92)74-70-66-62-58-54-50-48-45-40-37-34-30-26-22-18-14-10-6-2)82-104-108(97,98)102-78-83(90)77-101-107(95,96)103-81-84(79-99-86(91)73-69-65-61-57-53-32-28-24-20-16-12-8-4)105-88(93)75-71-67-63-59-55-51-47-38-35-31-27-23-19-15-11-7-3/h83-85,90H,5-82H2,1-4H3,(H,95,96)(H,97,98)/t83-,84+,85+/m0/s1. The first-order chi connectivity index (χ1) is 52.7. The smallest absolute Gasteiger partial charge is 0.462 e. The predicted molar refractivity (Wildman–Crippen MR) is 446 cm³/mol. The van der Waals surface area contributed by atoms with Crippen molar-refractivity contribution in [3.8, 4) is 0 Å². The molecule has 0 rings (SSSR count). The number of hydrogen-bond acceptors (Lipinski definition) is 15. The molecule has 0 aromatic carbocycles. The first kappa shape index (κ1) is 106. The van der Waals surface area contributed by atoms with Crippen LogP contribution in [-0.2, 0) is 65.4 Å². The number of aliphatic hydroxyl groups excluding tert-OH is 1. The monoisotopic (exact) mass is 1580 g/mol. The van der Waals surface area contributed by atoms with Gasteiger partial charge in [-0.25, -0.2) is 9.13 Å². The molecule has 17 nitrogen and oxygen atoms in total. The van der Waals surface area contributed by atoms with Gasteiger partial charge in [0, 0.05) is 25.7 Å². The van der Waals surface area contributed by atoms with Crippen LogP contribution in [0.4, 0.5) is 0 Å². The molecule has 642 valence electrons. The summed E-state index contributed by atoms with van der Waals surface area (Å²) in [4.78, 5) is 73.3. The first-order valence-electron chi connectivity index (χ1n) is 46.3. The van der Waals surface area contributed by atoms with Crippen molar-refractivity contribution in [2.75, 3.05) is 39.6 Å². The highest BCUT2D eigenvalue weighted by Crippen LogP contribution is 2.45. The molecule has 0 radical (unpaired) electrons. The van der Waals surface area contributed by atoms with Crippen molar-refractivity contribution in [2.24, 2.45) is 0 Å². The van der Waals surface area contributed by atoms with E-state index in [1.165, 1.54) is 321 Å². The fourth-order valence-electron chi connectivity index (χ4n) is 14.1. The lowest BCUT2D eigenvalue weighted by molar-refractivity contribution is -0.161. The zero-order valence-electron chi connectivity index (χ0n) is 70.8. The third-order valence-corrected chi connectivity index (χ3v) is 23.0. The number of aliphatic hydroxyl groups is 1. The molecule has 0 aromatic rings. The lowest BCUT2D eigenvalue weighted by atomic mass is 10.0. The van der Waals surface area contributed by atoms with Crippen molar-refractivity contribution in [3.63, 3.8) is 0 Å². The number of hydrogen-bond donors (Lipinski definition) is 3. The summed E-state index contributed by atoms with van der Waals surface area (Å²) in [6.07, 6.45) is 79.2. The molecule has 5 atom stereocenters. The van der Waals surface area contributed by atoms with Gasteiger partial charge in [0.05, 0.1) is 26.4 Å². The van der Waals surface area contributed by atoms with Crippen LogP contribution in [0.5, 0.6) is 0 Å². The number of rotatable bonds is 90. The Morgan fingerprint density at radius 2 is 0.370 bits per heavy atom. The van der Waals surface area contributed by atoms with Gasteiger partial charge in [-0.3, -0.25) is 37.3 Å². The van der Waals surface area contributed by atoms with Crippen LogP contribution in [0.25, 0.3) is 0 Å².